The van der Waals surface area contributed by atoms with Crippen molar-refractivity contribution in [1.82, 2.24) is 34.9 Å². The first kappa shape index (κ1) is 12.5. The van der Waals surface area contributed by atoms with E-state index in [1.165, 1.54) is 12.0 Å². The van der Waals surface area contributed by atoms with Crippen molar-refractivity contribution in [2.75, 3.05) is 6.54 Å². The van der Waals surface area contributed by atoms with Gasteiger partial charge in [0.05, 0.1) is 6.20 Å². The van der Waals surface area contributed by atoms with Crippen LogP contribution in [0.1, 0.15) is 30.5 Å². The van der Waals surface area contributed by atoms with Gasteiger partial charge in [-0.1, -0.05) is 0 Å². The topological polar surface area (TPSA) is 81.7 Å². The van der Waals surface area contributed by atoms with Crippen LogP contribution >= 0.6 is 0 Å². The number of hydrogen-bond acceptors (Lipinski definition) is 5. The molecule has 1 amide bonds. The van der Waals surface area contributed by atoms with E-state index in [2.05, 4.69) is 20.6 Å². The third kappa shape index (κ3) is 1.85. The summed E-state index contributed by atoms with van der Waals surface area (Å²) in [6, 6.07) is 0. The highest BCUT2D eigenvalue weighted by atomic mass is 16.2. The van der Waals surface area contributed by atoms with Gasteiger partial charge in [0.2, 0.25) is 0 Å². The van der Waals surface area contributed by atoms with Crippen molar-refractivity contribution in [2.45, 2.75) is 37.8 Å². The molecule has 2 aromatic rings. The lowest BCUT2D eigenvalue weighted by Crippen LogP contribution is -2.42. The smallest absolute Gasteiger partial charge is 0.251 e. The van der Waals surface area contributed by atoms with Crippen LogP contribution in [0.5, 0.6) is 0 Å². The van der Waals surface area contributed by atoms with Gasteiger partial charge in [0.1, 0.15) is 11.9 Å². The number of fused-ring (bicyclic) bond motifs is 1. The lowest BCUT2D eigenvalue weighted by Gasteiger charge is -2.25. The van der Waals surface area contributed by atoms with E-state index in [1.807, 2.05) is 22.8 Å². The fourth-order valence-electron chi connectivity index (χ4n) is 3.17. The van der Waals surface area contributed by atoms with Crippen LogP contribution in [0.15, 0.2) is 12.5 Å². The number of aryl methyl sites for hydroxylation is 1. The van der Waals surface area contributed by atoms with Crippen molar-refractivity contribution in [1.29, 1.82) is 0 Å². The molecule has 1 aliphatic carbocycles. The highest BCUT2D eigenvalue weighted by Crippen LogP contribution is 2.44. The van der Waals surface area contributed by atoms with E-state index in [0.717, 1.165) is 37.8 Å². The molecule has 1 fully saturated rings. The number of tetrazole rings is 1. The zero-order valence-electron chi connectivity index (χ0n) is 11.9. The van der Waals surface area contributed by atoms with Gasteiger partial charge in [-0.25, -0.2) is 4.68 Å². The Labute approximate surface area is 121 Å². The van der Waals surface area contributed by atoms with Gasteiger partial charge >= 0.3 is 0 Å². The monoisotopic (exact) mass is 287 g/mol. The van der Waals surface area contributed by atoms with Crippen molar-refractivity contribution < 1.29 is 4.79 Å². The normalized spacial score (nSPS) is 20.0. The second-order valence-electron chi connectivity index (χ2n) is 5.86. The Morgan fingerprint density at radius 3 is 2.95 bits per heavy atom. The molecule has 1 aliphatic heterocycles. The van der Waals surface area contributed by atoms with Gasteiger partial charge in [0.15, 0.2) is 0 Å². The Hall–Kier alpha value is -2.25. The molecule has 1 saturated carbocycles. The summed E-state index contributed by atoms with van der Waals surface area (Å²) >= 11 is 0. The summed E-state index contributed by atoms with van der Waals surface area (Å²) in [5.74, 6) is 0.131. The maximum atomic E-state index is 12.9. The van der Waals surface area contributed by atoms with E-state index in [9.17, 15) is 4.79 Å². The first-order valence-corrected chi connectivity index (χ1v) is 7.23. The second-order valence-corrected chi connectivity index (χ2v) is 5.86. The molecule has 21 heavy (non-hydrogen) atoms. The van der Waals surface area contributed by atoms with Gasteiger partial charge in [-0.15, -0.1) is 5.10 Å². The molecular formula is C13H17N7O. The van der Waals surface area contributed by atoms with Crippen LogP contribution in [0.25, 0.3) is 0 Å². The predicted octanol–water partition coefficient (Wildman–Crippen LogP) is -0.129. The van der Waals surface area contributed by atoms with E-state index in [4.69, 9.17) is 0 Å². The first-order valence-electron chi connectivity index (χ1n) is 7.23. The maximum absolute atomic E-state index is 12.9. The lowest BCUT2D eigenvalue weighted by atomic mass is 10.2. The summed E-state index contributed by atoms with van der Waals surface area (Å²) in [6.45, 7) is 1.41. The molecule has 3 heterocycles. The molecule has 0 atom stereocenters. The van der Waals surface area contributed by atoms with Crippen LogP contribution in [0.2, 0.25) is 0 Å². The van der Waals surface area contributed by atoms with E-state index in [0.29, 0.717) is 6.54 Å². The number of aromatic nitrogens is 6. The number of carbonyl (C=O) groups excluding carboxylic acids is 1. The largest absolute Gasteiger partial charge is 0.336 e. The average molecular weight is 287 g/mol. The van der Waals surface area contributed by atoms with E-state index >= 15 is 0 Å². The SMILES string of the molecule is Cn1ncc2c1CCCN(C(=O)C1(n3cnnn3)CC1)C2. The van der Waals surface area contributed by atoms with Gasteiger partial charge in [-0.05, 0) is 36.1 Å². The van der Waals surface area contributed by atoms with Gasteiger partial charge in [0, 0.05) is 31.4 Å². The third-order valence-corrected chi connectivity index (χ3v) is 4.55. The molecule has 0 radical (unpaired) electrons. The molecule has 8 nitrogen and oxygen atoms in total. The minimum absolute atomic E-state index is 0.131. The number of nitrogens with zero attached hydrogens (tertiary/aromatic N) is 7. The molecule has 4 rings (SSSR count). The standard InChI is InChI=1S/C13H17N7O/c1-18-11-3-2-6-19(8-10(11)7-15-18)12(21)13(4-5-13)20-9-14-16-17-20/h7,9H,2-6,8H2,1H3. The van der Waals surface area contributed by atoms with Crippen molar-refractivity contribution in [3.8, 4) is 0 Å². The fourth-order valence-corrected chi connectivity index (χ4v) is 3.17. The molecule has 0 unspecified atom stereocenters. The van der Waals surface area contributed by atoms with Gasteiger partial charge in [-0.3, -0.25) is 9.48 Å². The number of rotatable bonds is 2. The average Bonchev–Trinajstić information content (AvgIpc) is 3.06. The van der Waals surface area contributed by atoms with Crippen LogP contribution in [0.3, 0.4) is 0 Å². The van der Waals surface area contributed by atoms with Gasteiger partial charge < -0.3 is 4.90 Å². The van der Waals surface area contributed by atoms with E-state index in [1.54, 1.807) is 4.68 Å². The molecule has 110 valence electrons. The van der Waals surface area contributed by atoms with Crippen LogP contribution in [-0.4, -0.2) is 47.3 Å². The maximum Gasteiger partial charge on any atom is 0.251 e. The first-order chi connectivity index (χ1) is 10.2. The van der Waals surface area contributed by atoms with Crippen molar-refractivity contribution in [2.24, 2.45) is 7.05 Å². The summed E-state index contributed by atoms with van der Waals surface area (Å²) in [5, 5.41) is 15.6. The Morgan fingerprint density at radius 2 is 2.24 bits per heavy atom. The van der Waals surface area contributed by atoms with Crippen molar-refractivity contribution in [3.05, 3.63) is 23.8 Å². The summed E-state index contributed by atoms with van der Waals surface area (Å²) in [4.78, 5) is 14.9. The van der Waals surface area contributed by atoms with Gasteiger partial charge in [0.25, 0.3) is 5.91 Å². The minimum atomic E-state index is -0.545. The Morgan fingerprint density at radius 1 is 1.38 bits per heavy atom. The van der Waals surface area contributed by atoms with Crippen molar-refractivity contribution in [3.63, 3.8) is 0 Å². The van der Waals surface area contributed by atoms with Crippen LogP contribution in [0, 0.1) is 0 Å². The summed E-state index contributed by atoms with van der Waals surface area (Å²) in [5.41, 5.74) is 1.84. The zero-order valence-corrected chi connectivity index (χ0v) is 11.9. The molecular weight excluding hydrogens is 270 g/mol. The third-order valence-electron chi connectivity index (χ3n) is 4.55. The van der Waals surface area contributed by atoms with Gasteiger partial charge in [-0.2, -0.15) is 5.10 Å². The van der Waals surface area contributed by atoms with Crippen LogP contribution < -0.4 is 0 Å². The quantitative estimate of drug-likeness (QED) is 0.768. The zero-order chi connectivity index (χ0) is 14.4. The molecule has 2 aliphatic rings. The second kappa shape index (κ2) is 4.37. The summed E-state index contributed by atoms with van der Waals surface area (Å²) in [6.07, 6.45) is 6.97. The number of amides is 1. The van der Waals surface area contributed by atoms with E-state index < -0.39 is 5.54 Å². The summed E-state index contributed by atoms with van der Waals surface area (Å²) < 4.78 is 3.53. The minimum Gasteiger partial charge on any atom is -0.336 e. The Kier molecular flexibility index (Phi) is 2.60. The highest BCUT2D eigenvalue weighted by molar-refractivity contribution is 5.87. The molecule has 0 N–H and O–H groups in total. The number of hydrogen-bond donors (Lipinski definition) is 0. The fraction of sp³-hybridized carbons (Fsp3) is 0.615. The summed E-state index contributed by atoms with van der Waals surface area (Å²) in [7, 11) is 1.96. The number of carbonyl (C=O) groups is 1. The van der Waals surface area contributed by atoms with Crippen molar-refractivity contribution >= 4 is 5.91 Å². The van der Waals surface area contributed by atoms with E-state index in [-0.39, 0.29) is 5.91 Å². The molecule has 0 bridgehead atoms. The van der Waals surface area contributed by atoms with Crippen LogP contribution in [0.4, 0.5) is 0 Å². The highest BCUT2D eigenvalue weighted by Gasteiger charge is 2.55. The predicted molar refractivity (Wildman–Crippen MR) is 72.0 cm³/mol. The Balaban J connectivity index is 1.61. The Bertz CT molecular complexity index is 671. The molecule has 0 spiro atoms. The molecule has 2 aromatic heterocycles. The lowest BCUT2D eigenvalue weighted by molar-refractivity contribution is -0.137. The molecule has 0 saturated heterocycles. The molecule has 8 heteroatoms. The van der Waals surface area contributed by atoms with Crippen LogP contribution in [-0.2, 0) is 30.3 Å². The molecule has 0 aromatic carbocycles.